The van der Waals surface area contributed by atoms with Gasteiger partial charge in [0.05, 0.1) is 18.2 Å². The van der Waals surface area contributed by atoms with Crippen LogP contribution >= 0.6 is 11.6 Å². The SMILES string of the molecule is CC(C)OCC(O)c1ccc(Cl)c2cccnc12. The Hall–Kier alpha value is -1.16. The molecule has 1 aromatic heterocycles. The number of nitrogens with zero attached hydrogens (tertiary/aromatic N) is 1. The Labute approximate surface area is 111 Å². The molecule has 0 radical (unpaired) electrons. The largest absolute Gasteiger partial charge is 0.386 e. The van der Waals surface area contributed by atoms with Crippen molar-refractivity contribution in [3.05, 3.63) is 41.0 Å². The summed E-state index contributed by atoms with van der Waals surface area (Å²) in [7, 11) is 0. The van der Waals surface area contributed by atoms with Crippen LogP contribution in [0.5, 0.6) is 0 Å². The third-order valence-electron chi connectivity index (χ3n) is 2.69. The number of hydrogen-bond acceptors (Lipinski definition) is 3. The first-order valence-corrected chi connectivity index (χ1v) is 6.30. The summed E-state index contributed by atoms with van der Waals surface area (Å²) in [5.74, 6) is 0. The van der Waals surface area contributed by atoms with Crippen molar-refractivity contribution in [2.75, 3.05) is 6.61 Å². The summed E-state index contributed by atoms with van der Waals surface area (Å²) in [5, 5.41) is 11.6. The number of hydrogen-bond donors (Lipinski definition) is 1. The Bertz CT molecular complexity index is 542. The van der Waals surface area contributed by atoms with E-state index in [9.17, 15) is 5.11 Å². The van der Waals surface area contributed by atoms with E-state index in [0.717, 1.165) is 16.5 Å². The Morgan fingerprint density at radius 3 is 2.83 bits per heavy atom. The molecule has 0 spiro atoms. The van der Waals surface area contributed by atoms with Crippen LogP contribution in [0.15, 0.2) is 30.5 Å². The maximum absolute atomic E-state index is 10.2. The number of benzene rings is 1. The molecule has 1 N–H and O–H groups in total. The van der Waals surface area contributed by atoms with E-state index in [1.807, 2.05) is 26.0 Å². The van der Waals surface area contributed by atoms with E-state index in [2.05, 4.69) is 4.98 Å². The van der Waals surface area contributed by atoms with Crippen LogP contribution < -0.4 is 0 Å². The molecule has 0 bridgehead atoms. The van der Waals surface area contributed by atoms with Crippen molar-refractivity contribution in [1.29, 1.82) is 0 Å². The van der Waals surface area contributed by atoms with Crippen LogP contribution in [0.25, 0.3) is 10.9 Å². The zero-order chi connectivity index (χ0) is 13.1. The van der Waals surface area contributed by atoms with Crippen LogP contribution in [-0.2, 0) is 4.74 Å². The molecule has 18 heavy (non-hydrogen) atoms. The van der Waals surface area contributed by atoms with Crippen molar-refractivity contribution >= 4 is 22.5 Å². The molecule has 0 aliphatic heterocycles. The minimum atomic E-state index is -0.693. The highest BCUT2D eigenvalue weighted by molar-refractivity contribution is 6.35. The fourth-order valence-electron chi connectivity index (χ4n) is 1.80. The molecule has 4 heteroatoms. The smallest absolute Gasteiger partial charge is 0.104 e. The predicted octanol–water partition coefficient (Wildman–Crippen LogP) is 3.35. The summed E-state index contributed by atoms with van der Waals surface area (Å²) in [4.78, 5) is 4.29. The van der Waals surface area contributed by atoms with E-state index < -0.39 is 6.10 Å². The van der Waals surface area contributed by atoms with Gasteiger partial charge in [0.15, 0.2) is 0 Å². The highest BCUT2D eigenvalue weighted by Crippen LogP contribution is 2.28. The van der Waals surface area contributed by atoms with Crippen LogP contribution in [-0.4, -0.2) is 22.8 Å². The monoisotopic (exact) mass is 265 g/mol. The van der Waals surface area contributed by atoms with Gasteiger partial charge < -0.3 is 9.84 Å². The lowest BCUT2D eigenvalue weighted by Gasteiger charge is -2.15. The molecular formula is C14H16ClNO2. The van der Waals surface area contributed by atoms with Gasteiger partial charge in [-0.1, -0.05) is 17.7 Å². The maximum Gasteiger partial charge on any atom is 0.104 e. The standard InChI is InChI=1S/C14H16ClNO2/c1-9(2)18-8-13(17)11-5-6-12(15)10-4-3-7-16-14(10)11/h3-7,9,13,17H,8H2,1-2H3. The molecule has 0 aliphatic carbocycles. The number of aliphatic hydroxyl groups is 1. The van der Waals surface area contributed by atoms with Crippen LogP contribution in [0.3, 0.4) is 0 Å². The third kappa shape index (κ3) is 2.80. The van der Waals surface area contributed by atoms with Crippen LogP contribution in [0.1, 0.15) is 25.5 Å². The molecular weight excluding hydrogens is 250 g/mol. The van der Waals surface area contributed by atoms with Crippen molar-refractivity contribution in [2.24, 2.45) is 0 Å². The maximum atomic E-state index is 10.2. The van der Waals surface area contributed by atoms with Crippen molar-refractivity contribution in [3.63, 3.8) is 0 Å². The highest BCUT2D eigenvalue weighted by Gasteiger charge is 2.14. The quantitative estimate of drug-likeness (QED) is 0.922. The van der Waals surface area contributed by atoms with Crippen LogP contribution in [0.4, 0.5) is 0 Å². The summed E-state index contributed by atoms with van der Waals surface area (Å²) in [6.07, 6.45) is 1.09. The van der Waals surface area contributed by atoms with Gasteiger partial charge in [-0.05, 0) is 32.0 Å². The second-order valence-electron chi connectivity index (χ2n) is 4.43. The Morgan fingerprint density at radius 1 is 1.33 bits per heavy atom. The molecule has 0 saturated heterocycles. The fourth-order valence-corrected chi connectivity index (χ4v) is 2.02. The zero-order valence-corrected chi connectivity index (χ0v) is 11.2. The van der Waals surface area contributed by atoms with Gasteiger partial charge in [0.25, 0.3) is 0 Å². The number of ether oxygens (including phenoxy) is 1. The molecule has 1 heterocycles. The lowest BCUT2D eigenvalue weighted by molar-refractivity contribution is 0.00543. The molecule has 3 nitrogen and oxygen atoms in total. The van der Waals surface area contributed by atoms with Gasteiger partial charge in [-0.25, -0.2) is 0 Å². The molecule has 1 unspecified atom stereocenters. The number of halogens is 1. The summed E-state index contributed by atoms with van der Waals surface area (Å²) >= 11 is 6.11. The van der Waals surface area contributed by atoms with Crippen molar-refractivity contribution in [1.82, 2.24) is 4.98 Å². The van der Waals surface area contributed by atoms with Crippen molar-refractivity contribution < 1.29 is 9.84 Å². The first-order chi connectivity index (χ1) is 8.59. The number of fused-ring (bicyclic) bond motifs is 1. The van der Waals surface area contributed by atoms with Gasteiger partial charge in [-0.15, -0.1) is 0 Å². The number of rotatable bonds is 4. The molecule has 2 aromatic rings. The van der Waals surface area contributed by atoms with Gasteiger partial charge in [0.1, 0.15) is 6.10 Å². The van der Waals surface area contributed by atoms with E-state index in [4.69, 9.17) is 16.3 Å². The number of aliphatic hydroxyl groups excluding tert-OH is 1. The average molecular weight is 266 g/mol. The topological polar surface area (TPSA) is 42.4 Å². The molecule has 1 aromatic carbocycles. The summed E-state index contributed by atoms with van der Waals surface area (Å²) in [5.41, 5.74) is 1.47. The van der Waals surface area contributed by atoms with Gasteiger partial charge in [-0.2, -0.15) is 0 Å². The molecule has 0 aliphatic rings. The number of pyridine rings is 1. The molecule has 0 saturated carbocycles. The van der Waals surface area contributed by atoms with Gasteiger partial charge in [0.2, 0.25) is 0 Å². The van der Waals surface area contributed by atoms with Crippen LogP contribution in [0, 0.1) is 0 Å². The lowest BCUT2D eigenvalue weighted by Crippen LogP contribution is -2.12. The molecule has 96 valence electrons. The third-order valence-corrected chi connectivity index (χ3v) is 3.02. The first-order valence-electron chi connectivity index (χ1n) is 5.92. The Balaban J connectivity index is 2.36. The molecule has 2 rings (SSSR count). The van der Waals surface area contributed by atoms with E-state index >= 15 is 0 Å². The second-order valence-corrected chi connectivity index (χ2v) is 4.84. The summed E-state index contributed by atoms with van der Waals surface area (Å²) in [6.45, 7) is 4.13. The van der Waals surface area contributed by atoms with Crippen LogP contribution in [0.2, 0.25) is 5.02 Å². The number of aromatic nitrogens is 1. The summed E-state index contributed by atoms with van der Waals surface area (Å²) in [6, 6.07) is 7.30. The second kappa shape index (κ2) is 5.65. The minimum Gasteiger partial charge on any atom is -0.386 e. The Kier molecular flexibility index (Phi) is 4.17. The lowest BCUT2D eigenvalue weighted by atomic mass is 10.1. The van der Waals surface area contributed by atoms with E-state index in [0.29, 0.717) is 5.02 Å². The molecule has 0 amide bonds. The molecule has 1 atom stereocenters. The minimum absolute atomic E-state index is 0.0890. The zero-order valence-electron chi connectivity index (χ0n) is 10.4. The summed E-state index contributed by atoms with van der Waals surface area (Å²) < 4.78 is 5.43. The normalized spacial score (nSPS) is 13.2. The van der Waals surface area contributed by atoms with E-state index in [1.165, 1.54) is 0 Å². The van der Waals surface area contributed by atoms with Crippen molar-refractivity contribution in [2.45, 2.75) is 26.1 Å². The Morgan fingerprint density at radius 2 is 2.11 bits per heavy atom. The van der Waals surface area contributed by atoms with Crippen molar-refractivity contribution in [3.8, 4) is 0 Å². The van der Waals surface area contributed by atoms with Gasteiger partial charge in [0, 0.05) is 22.2 Å². The fraction of sp³-hybridized carbons (Fsp3) is 0.357. The average Bonchev–Trinajstić information content (AvgIpc) is 2.37. The van der Waals surface area contributed by atoms with Gasteiger partial charge >= 0.3 is 0 Å². The highest BCUT2D eigenvalue weighted by atomic mass is 35.5. The predicted molar refractivity (Wildman–Crippen MR) is 72.8 cm³/mol. The van der Waals surface area contributed by atoms with E-state index in [-0.39, 0.29) is 12.7 Å². The molecule has 0 fully saturated rings. The van der Waals surface area contributed by atoms with Gasteiger partial charge in [-0.3, -0.25) is 4.98 Å². The first kappa shape index (κ1) is 13.3. The van der Waals surface area contributed by atoms with E-state index in [1.54, 1.807) is 18.3 Å².